The van der Waals surface area contributed by atoms with Crippen LogP contribution < -0.4 is 5.32 Å². The SMILES string of the molecule is Cc1ccccc1CN(CCCn1ccnc1)C(=S)Nc1ccc(C(F)(F)F)c(Cl)c1. The Bertz CT molecular complexity index is 1020. The van der Waals surface area contributed by atoms with Crippen LogP contribution in [0.25, 0.3) is 0 Å². The molecule has 1 N–H and O–H groups in total. The fraction of sp³-hybridized carbons (Fsp3) is 0.273. The Kier molecular flexibility index (Phi) is 7.56. The summed E-state index contributed by atoms with van der Waals surface area (Å²) < 4.78 is 40.9. The molecular weight excluding hydrogens is 445 g/mol. The van der Waals surface area contributed by atoms with Gasteiger partial charge in [-0.05, 0) is 54.9 Å². The summed E-state index contributed by atoms with van der Waals surface area (Å²) in [6.45, 7) is 4.05. The number of rotatable bonds is 7. The van der Waals surface area contributed by atoms with Crippen LogP contribution in [0.15, 0.2) is 61.2 Å². The molecule has 1 aromatic heterocycles. The Morgan fingerprint density at radius 3 is 2.65 bits per heavy atom. The first-order chi connectivity index (χ1) is 14.7. The zero-order valence-electron chi connectivity index (χ0n) is 16.9. The molecule has 0 saturated carbocycles. The standard InChI is InChI=1S/C22H22ClF3N4S/c1-16-5-2-3-6-17(16)14-30(11-4-10-29-12-9-27-15-29)21(31)28-18-7-8-19(20(23)13-18)22(24,25)26/h2-3,5-9,12-13,15H,4,10-11,14H2,1H3,(H,28,31). The molecule has 0 amide bonds. The van der Waals surface area contributed by atoms with Gasteiger partial charge in [-0.25, -0.2) is 4.98 Å². The van der Waals surface area contributed by atoms with Crippen LogP contribution in [0.4, 0.5) is 18.9 Å². The van der Waals surface area contributed by atoms with E-state index in [4.69, 9.17) is 23.8 Å². The first-order valence-corrected chi connectivity index (χ1v) is 10.5. The van der Waals surface area contributed by atoms with Gasteiger partial charge in [-0.3, -0.25) is 0 Å². The molecule has 31 heavy (non-hydrogen) atoms. The third kappa shape index (κ3) is 6.45. The average Bonchev–Trinajstić information content (AvgIpc) is 3.21. The van der Waals surface area contributed by atoms with E-state index in [0.29, 0.717) is 23.9 Å². The molecule has 3 rings (SSSR count). The van der Waals surface area contributed by atoms with Crippen LogP contribution in [0.2, 0.25) is 5.02 Å². The summed E-state index contributed by atoms with van der Waals surface area (Å²) in [6, 6.07) is 11.5. The first-order valence-electron chi connectivity index (χ1n) is 9.67. The summed E-state index contributed by atoms with van der Waals surface area (Å²) in [4.78, 5) is 6.04. The third-order valence-electron chi connectivity index (χ3n) is 4.84. The van der Waals surface area contributed by atoms with Crippen molar-refractivity contribution in [3.8, 4) is 0 Å². The lowest BCUT2D eigenvalue weighted by Gasteiger charge is -2.27. The highest BCUT2D eigenvalue weighted by atomic mass is 35.5. The van der Waals surface area contributed by atoms with E-state index >= 15 is 0 Å². The predicted molar refractivity (Wildman–Crippen MR) is 121 cm³/mol. The second-order valence-corrected chi connectivity index (χ2v) is 7.92. The Morgan fingerprint density at radius 2 is 2.00 bits per heavy atom. The van der Waals surface area contributed by atoms with Crippen LogP contribution >= 0.6 is 23.8 Å². The highest BCUT2D eigenvalue weighted by Crippen LogP contribution is 2.35. The first kappa shape index (κ1) is 23.1. The third-order valence-corrected chi connectivity index (χ3v) is 5.51. The second kappa shape index (κ2) is 10.2. The number of thiocarbonyl (C=S) groups is 1. The smallest absolute Gasteiger partial charge is 0.345 e. The van der Waals surface area contributed by atoms with Crippen LogP contribution in [0.1, 0.15) is 23.1 Å². The summed E-state index contributed by atoms with van der Waals surface area (Å²) in [6.07, 6.45) is 1.70. The highest BCUT2D eigenvalue weighted by molar-refractivity contribution is 7.80. The Balaban J connectivity index is 1.73. The van der Waals surface area contributed by atoms with Gasteiger partial charge in [-0.2, -0.15) is 13.2 Å². The van der Waals surface area contributed by atoms with E-state index in [1.54, 1.807) is 12.5 Å². The average molecular weight is 467 g/mol. The molecule has 0 fully saturated rings. The quantitative estimate of drug-likeness (QED) is 0.423. The van der Waals surface area contributed by atoms with Gasteiger partial charge in [0.15, 0.2) is 5.11 Å². The number of benzene rings is 2. The van der Waals surface area contributed by atoms with Crippen LogP contribution in [0, 0.1) is 6.92 Å². The van der Waals surface area contributed by atoms with Crippen molar-refractivity contribution in [2.24, 2.45) is 0 Å². The minimum absolute atomic E-state index is 0.370. The van der Waals surface area contributed by atoms with Gasteiger partial charge in [-0.1, -0.05) is 35.9 Å². The highest BCUT2D eigenvalue weighted by Gasteiger charge is 2.33. The number of nitrogens with zero attached hydrogens (tertiary/aromatic N) is 3. The van der Waals surface area contributed by atoms with Gasteiger partial charge in [0.2, 0.25) is 0 Å². The fourth-order valence-corrected chi connectivity index (χ4v) is 3.70. The monoisotopic (exact) mass is 466 g/mol. The van der Waals surface area contributed by atoms with Crippen LogP contribution in [-0.2, 0) is 19.3 Å². The van der Waals surface area contributed by atoms with Crippen LogP contribution in [-0.4, -0.2) is 26.1 Å². The molecule has 9 heteroatoms. The number of anilines is 1. The zero-order chi connectivity index (χ0) is 22.4. The number of aromatic nitrogens is 2. The largest absolute Gasteiger partial charge is 0.417 e. The van der Waals surface area contributed by atoms with Crippen molar-refractivity contribution < 1.29 is 13.2 Å². The molecule has 0 atom stereocenters. The lowest BCUT2D eigenvalue weighted by molar-refractivity contribution is -0.137. The number of alkyl halides is 3. The molecule has 4 nitrogen and oxygen atoms in total. The van der Waals surface area contributed by atoms with Crippen LogP contribution in [0.3, 0.4) is 0 Å². The summed E-state index contributed by atoms with van der Waals surface area (Å²) in [7, 11) is 0. The van der Waals surface area contributed by atoms with Crippen LogP contribution in [0.5, 0.6) is 0 Å². The van der Waals surface area contributed by atoms with Crippen molar-refractivity contribution in [1.29, 1.82) is 0 Å². The summed E-state index contributed by atoms with van der Waals surface area (Å²) in [5, 5.41) is 3.08. The maximum Gasteiger partial charge on any atom is 0.417 e. The van der Waals surface area contributed by atoms with Crippen molar-refractivity contribution in [3.63, 3.8) is 0 Å². The van der Waals surface area contributed by atoms with Crippen molar-refractivity contribution >= 4 is 34.6 Å². The number of aryl methyl sites for hydroxylation is 2. The topological polar surface area (TPSA) is 33.1 Å². The van der Waals surface area contributed by atoms with E-state index in [1.807, 2.05) is 46.9 Å². The molecule has 0 radical (unpaired) electrons. The van der Waals surface area contributed by atoms with Gasteiger partial charge in [0, 0.05) is 37.7 Å². The molecule has 2 aromatic carbocycles. The minimum atomic E-state index is -4.50. The van der Waals surface area contributed by atoms with E-state index in [1.165, 1.54) is 12.1 Å². The summed E-state index contributed by atoms with van der Waals surface area (Å²) in [5.74, 6) is 0. The number of hydrogen-bond acceptors (Lipinski definition) is 2. The second-order valence-electron chi connectivity index (χ2n) is 7.12. The van der Waals surface area contributed by atoms with Crippen molar-refractivity contribution in [3.05, 3.63) is 82.9 Å². The Hall–Kier alpha value is -2.58. The van der Waals surface area contributed by atoms with Gasteiger partial charge in [0.25, 0.3) is 0 Å². The van der Waals surface area contributed by atoms with E-state index in [9.17, 15) is 13.2 Å². The van der Waals surface area contributed by atoms with E-state index in [2.05, 4.69) is 10.3 Å². The Labute approximate surface area is 189 Å². The normalized spacial score (nSPS) is 11.4. The van der Waals surface area contributed by atoms with Gasteiger partial charge in [-0.15, -0.1) is 0 Å². The van der Waals surface area contributed by atoms with Gasteiger partial charge in [0.05, 0.1) is 16.9 Å². The molecule has 0 saturated heterocycles. The van der Waals surface area contributed by atoms with E-state index in [0.717, 1.165) is 30.2 Å². The lowest BCUT2D eigenvalue weighted by atomic mass is 10.1. The van der Waals surface area contributed by atoms with Crippen molar-refractivity contribution in [2.45, 2.75) is 32.6 Å². The zero-order valence-corrected chi connectivity index (χ0v) is 18.4. The number of imidazole rings is 1. The molecule has 0 aliphatic rings. The van der Waals surface area contributed by atoms with E-state index < -0.39 is 11.7 Å². The molecule has 0 bridgehead atoms. The summed E-state index contributed by atoms with van der Waals surface area (Å²) >= 11 is 11.4. The molecular formula is C22H22ClF3N4S. The predicted octanol–water partition coefficient (Wildman–Crippen LogP) is 6.15. The summed E-state index contributed by atoms with van der Waals surface area (Å²) in [5.41, 5.74) is 1.80. The van der Waals surface area contributed by atoms with Gasteiger partial charge in [0.1, 0.15) is 0 Å². The molecule has 1 heterocycles. The Morgan fingerprint density at radius 1 is 1.23 bits per heavy atom. The minimum Gasteiger partial charge on any atom is -0.345 e. The fourth-order valence-electron chi connectivity index (χ4n) is 3.13. The lowest BCUT2D eigenvalue weighted by Crippen LogP contribution is -2.35. The molecule has 0 aliphatic carbocycles. The van der Waals surface area contributed by atoms with Crippen molar-refractivity contribution in [2.75, 3.05) is 11.9 Å². The molecule has 0 aliphatic heterocycles. The molecule has 164 valence electrons. The van der Waals surface area contributed by atoms with E-state index in [-0.39, 0.29) is 5.02 Å². The molecule has 0 spiro atoms. The number of nitrogens with one attached hydrogen (secondary N) is 1. The van der Waals surface area contributed by atoms with Gasteiger partial charge < -0.3 is 14.8 Å². The van der Waals surface area contributed by atoms with Crippen molar-refractivity contribution in [1.82, 2.24) is 14.5 Å². The molecule has 3 aromatic rings. The maximum atomic E-state index is 13.0. The van der Waals surface area contributed by atoms with Gasteiger partial charge >= 0.3 is 6.18 Å². The number of hydrogen-bond donors (Lipinski definition) is 1. The number of halogens is 4. The molecule has 0 unspecified atom stereocenters. The maximum absolute atomic E-state index is 13.0.